The molecule has 0 spiro atoms. The van der Waals surface area contributed by atoms with E-state index in [0.717, 1.165) is 32.2 Å². The zero-order valence-electron chi connectivity index (χ0n) is 11.6. The summed E-state index contributed by atoms with van der Waals surface area (Å²) in [7, 11) is 0. The van der Waals surface area contributed by atoms with E-state index in [4.69, 9.17) is 4.74 Å². The van der Waals surface area contributed by atoms with Crippen molar-refractivity contribution in [2.45, 2.75) is 12.1 Å². The van der Waals surface area contributed by atoms with Crippen molar-refractivity contribution in [1.82, 2.24) is 9.97 Å². The number of imidazole rings is 1. The Morgan fingerprint density at radius 3 is 2.81 bits per heavy atom. The van der Waals surface area contributed by atoms with Gasteiger partial charge in [0, 0.05) is 10.2 Å². The fourth-order valence-corrected chi connectivity index (χ4v) is 2.97. The number of hydrogen-bond donors (Lipinski definition) is 1. The summed E-state index contributed by atoms with van der Waals surface area (Å²) in [5.41, 5.74) is 3.34. The van der Waals surface area contributed by atoms with E-state index in [1.165, 1.54) is 5.56 Å². The van der Waals surface area contributed by atoms with Gasteiger partial charge in [0.1, 0.15) is 5.75 Å². The molecule has 0 unspecified atom stereocenters. The predicted octanol–water partition coefficient (Wildman–Crippen LogP) is 4.80. The van der Waals surface area contributed by atoms with Crippen LogP contribution in [0.4, 0.5) is 0 Å². The molecule has 0 aliphatic heterocycles. The lowest BCUT2D eigenvalue weighted by atomic mass is 10.2. The topological polar surface area (TPSA) is 37.9 Å². The van der Waals surface area contributed by atoms with Gasteiger partial charge in [0.2, 0.25) is 0 Å². The molecule has 21 heavy (non-hydrogen) atoms. The first-order valence-corrected chi connectivity index (χ1v) is 8.46. The molecule has 0 radical (unpaired) electrons. The molecule has 2 aromatic carbocycles. The molecule has 0 saturated carbocycles. The van der Waals surface area contributed by atoms with Crippen molar-refractivity contribution in [1.29, 1.82) is 0 Å². The molecular formula is C16H15BrN2OS. The monoisotopic (exact) mass is 362 g/mol. The van der Waals surface area contributed by atoms with Gasteiger partial charge in [0.15, 0.2) is 5.16 Å². The van der Waals surface area contributed by atoms with Gasteiger partial charge >= 0.3 is 0 Å². The first kappa shape index (κ1) is 14.5. The second kappa shape index (κ2) is 6.54. The second-order valence-electron chi connectivity index (χ2n) is 4.71. The maximum Gasteiger partial charge on any atom is 0.166 e. The number of hydrogen-bond acceptors (Lipinski definition) is 3. The molecule has 1 aromatic heterocycles. The van der Waals surface area contributed by atoms with Crippen LogP contribution in [0.2, 0.25) is 0 Å². The lowest BCUT2D eigenvalue weighted by Crippen LogP contribution is -2.00. The largest absolute Gasteiger partial charge is 0.493 e. The molecule has 0 saturated heterocycles. The Labute approximate surface area is 136 Å². The maximum absolute atomic E-state index is 5.69. The van der Waals surface area contributed by atoms with Crippen molar-refractivity contribution in [3.05, 3.63) is 52.5 Å². The van der Waals surface area contributed by atoms with Crippen LogP contribution in [-0.4, -0.2) is 22.3 Å². The van der Waals surface area contributed by atoms with Gasteiger partial charge in [0.25, 0.3) is 0 Å². The smallest absolute Gasteiger partial charge is 0.166 e. The third kappa shape index (κ3) is 3.80. The SMILES string of the molecule is Cc1ccc2nc(SCCOc3ccc(Br)cc3)[nH]c2c1. The summed E-state index contributed by atoms with van der Waals surface area (Å²) in [6.45, 7) is 2.74. The predicted molar refractivity (Wildman–Crippen MR) is 91.2 cm³/mol. The molecule has 0 fully saturated rings. The first-order chi connectivity index (χ1) is 10.2. The molecule has 0 atom stereocenters. The fourth-order valence-electron chi connectivity index (χ4n) is 2.00. The first-order valence-electron chi connectivity index (χ1n) is 6.68. The van der Waals surface area contributed by atoms with Crippen LogP contribution in [0.15, 0.2) is 52.1 Å². The minimum absolute atomic E-state index is 0.655. The summed E-state index contributed by atoms with van der Waals surface area (Å²) in [5.74, 6) is 1.74. The maximum atomic E-state index is 5.69. The van der Waals surface area contributed by atoms with E-state index in [-0.39, 0.29) is 0 Å². The van der Waals surface area contributed by atoms with Gasteiger partial charge in [-0.2, -0.15) is 0 Å². The Bertz CT molecular complexity index is 740. The third-order valence-corrected chi connectivity index (χ3v) is 4.39. The molecule has 0 aliphatic rings. The fraction of sp³-hybridized carbons (Fsp3) is 0.188. The molecule has 3 nitrogen and oxygen atoms in total. The molecular weight excluding hydrogens is 348 g/mol. The molecule has 0 amide bonds. The van der Waals surface area contributed by atoms with E-state index in [2.05, 4.69) is 45.0 Å². The molecule has 108 valence electrons. The highest BCUT2D eigenvalue weighted by Gasteiger charge is 2.03. The van der Waals surface area contributed by atoms with Crippen molar-refractivity contribution in [3.8, 4) is 5.75 Å². The van der Waals surface area contributed by atoms with Crippen LogP contribution in [-0.2, 0) is 0 Å². The molecule has 0 aliphatic carbocycles. The number of aromatic amines is 1. The Balaban J connectivity index is 1.53. The number of halogens is 1. The van der Waals surface area contributed by atoms with Gasteiger partial charge in [-0.1, -0.05) is 33.8 Å². The molecule has 3 rings (SSSR count). The van der Waals surface area contributed by atoms with Crippen LogP contribution in [0.1, 0.15) is 5.56 Å². The normalized spacial score (nSPS) is 11.0. The second-order valence-corrected chi connectivity index (χ2v) is 6.71. The number of benzene rings is 2. The van der Waals surface area contributed by atoms with Gasteiger partial charge in [-0.05, 0) is 48.9 Å². The number of thioether (sulfide) groups is 1. The Hall–Kier alpha value is -1.46. The van der Waals surface area contributed by atoms with Crippen LogP contribution in [0.5, 0.6) is 5.75 Å². The van der Waals surface area contributed by atoms with Crippen molar-refractivity contribution in [2.75, 3.05) is 12.4 Å². The van der Waals surface area contributed by atoms with Crippen LogP contribution in [0, 0.1) is 6.92 Å². The minimum Gasteiger partial charge on any atom is -0.493 e. The lowest BCUT2D eigenvalue weighted by molar-refractivity contribution is 0.344. The van der Waals surface area contributed by atoms with Gasteiger partial charge in [-0.3, -0.25) is 0 Å². The lowest BCUT2D eigenvalue weighted by Gasteiger charge is -2.04. The third-order valence-electron chi connectivity index (χ3n) is 3.02. The average molecular weight is 363 g/mol. The highest BCUT2D eigenvalue weighted by atomic mass is 79.9. The summed E-state index contributed by atoms with van der Waals surface area (Å²) >= 11 is 5.08. The molecule has 5 heteroatoms. The Morgan fingerprint density at radius 2 is 2.00 bits per heavy atom. The molecule has 1 heterocycles. The van der Waals surface area contributed by atoms with E-state index in [1.54, 1.807) is 11.8 Å². The zero-order valence-corrected chi connectivity index (χ0v) is 14.0. The van der Waals surface area contributed by atoms with Crippen molar-refractivity contribution in [3.63, 3.8) is 0 Å². The molecule has 3 aromatic rings. The number of fused-ring (bicyclic) bond motifs is 1. The number of nitrogens with zero attached hydrogens (tertiary/aromatic N) is 1. The van der Waals surface area contributed by atoms with E-state index in [0.29, 0.717) is 6.61 Å². The van der Waals surface area contributed by atoms with Crippen molar-refractivity contribution < 1.29 is 4.74 Å². The highest BCUT2D eigenvalue weighted by molar-refractivity contribution is 9.10. The van der Waals surface area contributed by atoms with Crippen LogP contribution in [0.25, 0.3) is 11.0 Å². The number of aromatic nitrogens is 2. The number of aryl methyl sites for hydroxylation is 1. The van der Waals surface area contributed by atoms with Crippen molar-refractivity contribution in [2.24, 2.45) is 0 Å². The summed E-state index contributed by atoms with van der Waals surface area (Å²) in [6, 6.07) is 14.1. The molecule has 1 N–H and O–H groups in total. The summed E-state index contributed by atoms with van der Waals surface area (Å²) in [5, 5.41) is 0.940. The number of ether oxygens (including phenoxy) is 1. The van der Waals surface area contributed by atoms with E-state index in [1.807, 2.05) is 30.3 Å². The van der Waals surface area contributed by atoms with Crippen molar-refractivity contribution >= 4 is 38.7 Å². The summed E-state index contributed by atoms with van der Waals surface area (Å²) in [4.78, 5) is 7.89. The highest BCUT2D eigenvalue weighted by Crippen LogP contribution is 2.21. The van der Waals surface area contributed by atoms with Gasteiger partial charge in [-0.25, -0.2) is 4.98 Å². The van der Waals surface area contributed by atoms with Crippen LogP contribution >= 0.6 is 27.7 Å². The van der Waals surface area contributed by atoms with E-state index >= 15 is 0 Å². The molecule has 0 bridgehead atoms. The van der Waals surface area contributed by atoms with Gasteiger partial charge in [-0.15, -0.1) is 0 Å². The Morgan fingerprint density at radius 1 is 1.19 bits per heavy atom. The van der Waals surface area contributed by atoms with E-state index < -0.39 is 0 Å². The van der Waals surface area contributed by atoms with E-state index in [9.17, 15) is 0 Å². The van der Waals surface area contributed by atoms with Gasteiger partial charge < -0.3 is 9.72 Å². The number of rotatable bonds is 5. The standard InChI is InChI=1S/C16H15BrN2OS/c1-11-2-7-14-15(10-11)19-16(18-14)21-9-8-20-13-5-3-12(17)4-6-13/h2-7,10H,8-9H2,1H3,(H,18,19). The minimum atomic E-state index is 0.655. The quantitative estimate of drug-likeness (QED) is 0.522. The van der Waals surface area contributed by atoms with Crippen LogP contribution in [0.3, 0.4) is 0 Å². The number of H-pyrrole nitrogens is 1. The Kier molecular flexibility index (Phi) is 4.51. The van der Waals surface area contributed by atoms with Gasteiger partial charge in [0.05, 0.1) is 17.6 Å². The number of nitrogens with one attached hydrogen (secondary N) is 1. The average Bonchev–Trinajstić information content (AvgIpc) is 2.87. The van der Waals surface area contributed by atoms with Crippen LogP contribution < -0.4 is 4.74 Å². The zero-order chi connectivity index (χ0) is 14.7. The summed E-state index contributed by atoms with van der Waals surface area (Å²) < 4.78 is 6.75. The summed E-state index contributed by atoms with van der Waals surface area (Å²) in [6.07, 6.45) is 0.